The van der Waals surface area contributed by atoms with E-state index in [1.807, 2.05) is 32.9 Å². The van der Waals surface area contributed by atoms with Gasteiger partial charge in [-0.2, -0.15) is 0 Å². The van der Waals surface area contributed by atoms with Crippen molar-refractivity contribution in [3.63, 3.8) is 0 Å². The molecule has 4 nitrogen and oxygen atoms in total. The third kappa shape index (κ3) is 6.68. The van der Waals surface area contributed by atoms with Crippen LogP contribution in [-0.4, -0.2) is 33.0 Å². The highest BCUT2D eigenvalue weighted by atomic mass is 79.9. The number of hydrogen-bond acceptors (Lipinski definition) is 4. The van der Waals surface area contributed by atoms with E-state index < -0.39 is 0 Å². The summed E-state index contributed by atoms with van der Waals surface area (Å²) in [5.41, 5.74) is 1.17. The van der Waals surface area contributed by atoms with Gasteiger partial charge in [-0.1, -0.05) is 15.9 Å². The third-order valence-electron chi connectivity index (χ3n) is 2.87. The lowest BCUT2D eigenvalue weighted by Crippen LogP contribution is -2.17. The van der Waals surface area contributed by atoms with Crippen LogP contribution in [0.2, 0.25) is 0 Å². The number of hydrogen-bond donors (Lipinski definition) is 1. The maximum absolute atomic E-state index is 5.65. The van der Waals surface area contributed by atoms with Gasteiger partial charge in [0.15, 0.2) is 11.5 Å². The van der Waals surface area contributed by atoms with Crippen molar-refractivity contribution in [2.75, 3.05) is 33.0 Å². The second-order valence-corrected chi connectivity index (χ2v) is 5.34. The monoisotopic (exact) mass is 359 g/mol. The van der Waals surface area contributed by atoms with Crippen molar-refractivity contribution in [1.82, 2.24) is 5.32 Å². The minimum atomic E-state index is 0.627. The normalized spacial score (nSPS) is 10.7. The van der Waals surface area contributed by atoms with Crippen molar-refractivity contribution in [2.45, 2.75) is 33.7 Å². The van der Waals surface area contributed by atoms with Crippen LogP contribution in [0.15, 0.2) is 16.6 Å². The topological polar surface area (TPSA) is 39.7 Å². The highest BCUT2D eigenvalue weighted by molar-refractivity contribution is 9.10. The number of benzene rings is 1. The fraction of sp³-hybridized carbons (Fsp3) is 0.625. The molecule has 0 amide bonds. The Morgan fingerprint density at radius 1 is 1.00 bits per heavy atom. The molecule has 0 spiro atoms. The molecule has 0 atom stereocenters. The second kappa shape index (κ2) is 10.9. The molecule has 0 unspecified atom stereocenters. The quantitative estimate of drug-likeness (QED) is 0.610. The van der Waals surface area contributed by atoms with Gasteiger partial charge in [0.1, 0.15) is 0 Å². The van der Waals surface area contributed by atoms with E-state index in [2.05, 4.69) is 21.2 Å². The molecule has 120 valence electrons. The lowest BCUT2D eigenvalue weighted by molar-refractivity contribution is 0.144. The summed E-state index contributed by atoms with van der Waals surface area (Å²) < 4.78 is 17.6. The molecule has 0 saturated heterocycles. The van der Waals surface area contributed by atoms with Crippen molar-refractivity contribution in [3.05, 3.63) is 22.2 Å². The third-order valence-corrected chi connectivity index (χ3v) is 3.61. The van der Waals surface area contributed by atoms with Gasteiger partial charge in [0, 0.05) is 24.2 Å². The molecule has 1 rings (SSSR count). The summed E-state index contributed by atoms with van der Waals surface area (Å²) in [7, 11) is 0. The number of halogens is 1. The van der Waals surface area contributed by atoms with Crippen molar-refractivity contribution in [1.29, 1.82) is 0 Å². The summed E-state index contributed by atoms with van der Waals surface area (Å²) >= 11 is 3.60. The van der Waals surface area contributed by atoms with Crippen LogP contribution >= 0.6 is 15.9 Å². The van der Waals surface area contributed by atoms with Gasteiger partial charge in [-0.3, -0.25) is 0 Å². The van der Waals surface area contributed by atoms with E-state index in [1.165, 1.54) is 5.56 Å². The van der Waals surface area contributed by atoms with Crippen LogP contribution < -0.4 is 14.8 Å². The highest BCUT2D eigenvalue weighted by Gasteiger charge is 2.10. The number of nitrogens with one attached hydrogen (secondary N) is 1. The Hall–Kier alpha value is -0.780. The molecule has 0 heterocycles. The lowest BCUT2D eigenvalue weighted by Gasteiger charge is -2.14. The fourth-order valence-electron chi connectivity index (χ4n) is 1.92. The van der Waals surface area contributed by atoms with E-state index in [4.69, 9.17) is 14.2 Å². The van der Waals surface area contributed by atoms with Gasteiger partial charge in [0.25, 0.3) is 0 Å². The largest absolute Gasteiger partial charge is 0.490 e. The van der Waals surface area contributed by atoms with Crippen molar-refractivity contribution >= 4 is 15.9 Å². The Labute approximate surface area is 136 Å². The molecule has 1 aromatic carbocycles. The number of rotatable bonds is 11. The molecule has 0 bridgehead atoms. The summed E-state index contributed by atoms with van der Waals surface area (Å²) in [6.07, 6.45) is 1.01. The molecule has 1 aromatic rings. The minimum Gasteiger partial charge on any atom is -0.490 e. The van der Waals surface area contributed by atoms with Gasteiger partial charge in [-0.15, -0.1) is 0 Å². The van der Waals surface area contributed by atoms with Crippen LogP contribution in [0.1, 0.15) is 32.8 Å². The van der Waals surface area contributed by atoms with Gasteiger partial charge >= 0.3 is 0 Å². The maximum atomic E-state index is 5.65. The molecule has 0 aliphatic heterocycles. The fourth-order valence-corrected chi connectivity index (χ4v) is 2.38. The molecule has 21 heavy (non-hydrogen) atoms. The Morgan fingerprint density at radius 2 is 1.67 bits per heavy atom. The zero-order chi connectivity index (χ0) is 15.5. The molecular formula is C16H26BrNO3. The standard InChI is InChI=1S/C16H26BrNO3/c1-4-19-9-7-8-18-12-13-10-15(20-5-2)16(21-6-3)11-14(13)17/h10-11,18H,4-9,12H2,1-3H3. The van der Waals surface area contributed by atoms with Crippen LogP contribution in [0.3, 0.4) is 0 Å². The maximum Gasteiger partial charge on any atom is 0.162 e. The highest BCUT2D eigenvalue weighted by Crippen LogP contribution is 2.33. The molecular weight excluding hydrogens is 334 g/mol. The molecule has 5 heteroatoms. The first-order valence-electron chi connectivity index (χ1n) is 7.59. The van der Waals surface area contributed by atoms with Gasteiger partial charge in [0.05, 0.1) is 13.2 Å². The second-order valence-electron chi connectivity index (χ2n) is 4.48. The average molecular weight is 360 g/mol. The number of ether oxygens (including phenoxy) is 3. The molecule has 0 saturated carbocycles. The van der Waals surface area contributed by atoms with Gasteiger partial charge < -0.3 is 19.5 Å². The van der Waals surface area contributed by atoms with Crippen LogP contribution in [0, 0.1) is 0 Å². The van der Waals surface area contributed by atoms with Gasteiger partial charge in [-0.25, -0.2) is 0 Å². The average Bonchev–Trinajstić information content (AvgIpc) is 2.47. The predicted octanol–water partition coefficient (Wildman–Crippen LogP) is 3.76. The van der Waals surface area contributed by atoms with Crippen LogP contribution in [0.4, 0.5) is 0 Å². The minimum absolute atomic E-state index is 0.627. The Kier molecular flexibility index (Phi) is 9.46. The van der Waals surface area contributed by atoms with Crippen LogP contribution in [0.25, 0.3) is 0 Å². The first-order chi connectivity index (χ1) is 10.2. The summed E-state index contributed by atoms with van der Waals surface area (Å²) in [5, 5.41) is 3.42. The zero-order valence-electron chi connectivity index (χ0n) is 13.2. The molecule has 0 aliphatic carbocycles. The van der Waals surface area contributed by atoms with Crippen molar-refractivity contribution < 1.29 is 14.2 Å². The molecule has 0 aliphatic rings. The lowest BCUT2D eigenvalue weighted by atomic mass is 10.2. The van der Waals surface area contributed by atoms with Crippen molar-refractivity contribution in [3.8, 4) is 11.5 Å². The van der Waals surface area contributed by atoms with Crippen molar-refractivity contribution in [2.24, 2.45) is 0 Å². The smallest absolute Gasteiger partial charge is 0.162 e. The molecule has 0 aromatic heterocycles. The van der Waals surface area contributed by atoms with Crippen LogP contribution in [0.5, 0.6) is 11.5 Å². The SMILES string of the molecule is CCOCCCNCc1cc(OCC)c(OCC)cc1Br. The molecule has 0 radical (unpaired) electrons. The summed E-state index contributed by atoms with van der Waals surface area (Å²) in [6.45, 7) is 10.5. The Balaban J connectivity index is 2.58. The first-order valence-corrected chi connectivity index (χ1v) is 8.38. The van der Waals surface area contributed by atoms with E-state index in [1.54, 1.807) is 0 Å². The molecule has 1 N–H and O–H groups in total. The zero-order valence-corrected chi connectivity index (χ0v) is 14.8. The van der Waals surface area contributed by atoms with E-state index in [-0.39, 0.29) is 0 Å². The predicted molar refractivity (Wildman–Crippen MR) is 89.3 cm³/mol. The van der Waals surface area contributed by atoms with E-state index in [9.17, 15) is 0 Å². The van der Waals surface area contributed by atoms with E-state index in [0.29, 0.717) is 13.2 Å². The molecule has 0 fully saturated rings. The van der Waals surface area contributed by atoms with Gasteiger partial charge in [0.2, 0.25) is 0 Å². The summed E-state index contributed by atoms with van der Waals surface area (Å²) in [4.78, 5) is 0. The Bertz CT molecular complexity index is 413. The Morgan fingerprint density at radius 3 is 2.29 bits per heavy atom. The van der Waals surface area contributed by atoms with E-state index >= 15 is 0 Å². The van der Waals surface area contributed by atoms with Gasteiger partial charge in [-0.05, 0) is 51.4 Å². The van der Waals surface area contributed by atoms with E-state index in [0.717, 1.165) is 48.7 Å². The summed E-state index contributed by atoms with van der Waals surface area (Å²) in [6, 6.07) is 4.01. The first kappa shape index (κ1) is 18.3. The summed E-state index contributed by atoms with van der Waals surface area (Å²) in [5.74, 6) is 1.58. The van der Waals surface area contributed by atoms with Crippen LogP contribution in [-0.2, 0) is 11.3 Å².